The van der Waals surface area contributed by atoms with Gasteiger partial charge in [-0.15, -0.1) is 0 Å². The van der Waals surface area contributed by atoms with Gasteiger partial charge in [-0.05, 0) is 43.3 Å². The Kier molecular flexibility index (Phi) is 3.97. The Morgan fingerprint density at radius 3 is 2.77 bits per heavy atom. The van der Waals surface area contributed by atoms with Crippen molar-refractivity contribution in [2.45, 2.75) is 6.92 Å². The minimum atomic E-state index is -0.459. The van der Waals surface area contributed by atoms with Crippen LogP contribution in [0, 0.1) is 6.92 Å². The average Bonchev–Trinajstić information content (AvgIpc) is 3.29. The number of carbonyl (C=O) groups excluding carboxylic acids is 1. The molecule has 0 fully saturated rings. The number of aromatic nitrogens is 3. The van der Waals surface area contributed by atoms with Crippen LogP contribution >= 0.6 is 11.6 Å². The second-order valence-corrected chi connectivity index (χ2v) is 6.14. The van der Waals surface area contributed by atoms with Crippen LogP contribution in [0.3, 0.4) is 0 Å². The molecular weight excluding hydrogens is 354 g/mol. The van der Waals surface area contributed by atoms with Crippen LogP contribution in [0.15, 0.2) is 53.1 Å². The van der Waals surface area contributed by atoms with Crippen molar-refractivity contribution in [3.63, 3.8) is 0 Å². The summed E-state index contributed by atoms with van der Waals surface area (Å²) >= 11 is 6.12. The molecule has 0 N–H and O–H groups in total. The van der Waals surface area contributed by atoms with E-state index >= 15 is 0 Å². The predicted octanol–water partition coefficient (Wildman–Crippen LogP) is 4.43. The molecule has 3 aromatic heterocycles. The van der Waals surface area contributed by atoms with Gasteiger partial charge in [-0.2, -0.15) is 5.10 Å². The van der Waals surface area contributed by atoms with Crippen molar-refractivity contribution >= 4 is 28.6 Å². The highest BCUT2D eigenvalue weighted by Crippen LogP contribution is 2.29. The van der Waals surface area contributed by atoms with Crippen molar-refractivity contribution in [3.05, 3.63) is 65.0 Å². The van der Waals surface area contributed by atoms with E-state index in [4.69, 9.17) is 20.8 Å². The number of esters is 1. The highest BCUT2D eigenvalue weighted by atomic mass is 35.5. The third-order valence-electron chi connectivity index (χ3n) is 4.04. The van der Waals surface area contributed by atoms with E-state index in [0.717, 1.165) is 5.69 Å². The van der Waals surface area contributed by atoms with Gasteiger partial charge in [0.25, 0.3) is 0 Å². The Morgan fingerprint density at radius 1 is 1.23 bits per heavy atom. The third kappa shape index (κ3) is 2.64. The zero-order chi connectivity index (χ0) is 18.3. The monoisotopic (exact) mass is 367 g/mol. The minimum absolute atomic E-state index is 0.384. The Labute approximate surface area is 154 Å². The summed E-state index contributed by atoms with van der Waals surface area (Å²) in [4.78, 5) is 17.0. The van der Waals surface area contributed by atoms with E-state index in [0.29, 0.717) is 38.8 Å². The van der Waals surface area contributed by atoms with Gasteiger partial charge in [-0.3, -0.25) is 0 Å². The van der Waals surface area contributed by atoms with Gasteiger partial charge in [0.15, 0.2) is 11.4 Å². The van der Waals surface area contributed by atoms with E-state index in [2.05, 4.69) is 10.1 Å². The fourth-order valence-electron chi connectivity index (χ4n) is 2.90. The molecule has 1 aromatic carbocycles. The first-order valence-corrected chi connectivity index (χ1v) is 8.25. The molecule has 130 valence electrons. The zero-order valence-electron chi connectivity index (χ0n) is 14.1. The number of pyridine rings is 1. The number of hydrogen-bond donors (Lipinski definition) is 0. The first-order chi connectivity index (χ1) is 12.6. The fraction of sp³-hybridized carbons (Fsp3) is 0.105. The molecule has 0 radical (unpaired) electrons. The van der Waals surface area contributed by atoms with Crippen LogP contribution in [0.2, 0.25) is 5.02 Å². The summed E-state index contributed by atoms with van der Waals surface area (Å²) in [5.74, 6) is 0.0903. The van der Waals surface area contributed by atoms with Crippen LogP contribution < -0.4 is 0 Å². The number of carbonyl (C=O) groups is 1. The van der Waals surface area contributed by atoms with Crippen LogP contribution in [-0.4, -0.2) is 27.8 Å². The molecule has 0 saturated heterocycles. The highest BCUT2D eigenvalue weighted by Gasteiger charge is 2.22. The summed E-state index contributed by atoms with van der Waals surface area (Å²) in [6.07, 6.45) is 1.55. The van der Waals surface area contributed by atoms with E-state index in [9.17, 15) is 4.79 Å². The van der Waals surface area contributed by atoms with Crippen LogP contribution in [0.1, 0.15) is 16.1 Å². The Hall–Kier alpha value is -3.12. The molecule has 0 bridgehead atoms. The van der Waals surface area contributed by atoms with Crippen LogP contribution in [0.4, 0.5) is 0 Å². The molecule has 26 heavy (non-hydrogen) atoms. The van der Waals surface area contributed by atoms with Crippen molar-refractivity contribution in [2.75, 3.05) is 7.11 Å². The summed E-state index contributed by atoms with van der Waals surface area (Å²) < 4.78 is 12.1. The van der Waals surface area contributed by atoms with Gasteiger partial charge in [0.05, 0.1) is 35.7 Å². The van der Waals surface area contributed by atoms with Crippen molar-refractivity contribution in [3.8, 4) is 17.1 Å². The van der Waals surface area contributed by atoms with Gasteiger partial charge in [-0.25, -0.2) is 14.5 Å². The summed E-state index contributed by atoms with van der Waals surface area (Å²) in [6, 6.07) is 12.5. The number of aryl methyl sites for hydroxylation is 1. The molecule has 0 unspecified atom stereocenters. The number of halogens is 1. The van der Waals surface area contributed by atoms with Crippen molar-refractivity contribution < 1.29 is 13.9 Å². The smallest absolute Gasteiger partial charge is 0.338 e. The lowest BCUT2D eigenvalue weighted by atomic mass is 10.1. The molecule has 3 heterocycles. The first-order valence-electron chi connectivity index (χ1n) is 7.87. The Balaban J connectivity index is 2.06. The van der Waals surface area contributed by atoms with E-state index in [1.807, 2.05) is 19.1 Å². The van der Waals surface area contributed by atoms with Gasteiger partial charge in [0, 0.05) is 5.02 Å². The van der Waals surface area contributed by atoms with Crippen molar-refractivity contribution in [1.82, 2.24) is 14.8 Å². The van der Waals surface area contributed by atoms with E-state index in [1.54, 1.807) is 41.3 Å². The first kappa shape index (κ1) is 16.4. The van der Waals surface area contributed by atoms with E-state index in [1.165, 1.54) is 7.11 Å². The molecule has 0 aliphatic heterocycles. The van der Waals surface area contributed by atoms with E-state index in [-0.39, 0.29) is 0 Å². The topological polar surface area (TPSA) is 70.2 Å². The molecular formula is C19H14ClN3O3. The summed E-state index contributed by atoms with van der Waals surface area (Å²) in [6.45, 7) is 1.82. The van der Waals surface area contributed by atoms with Crippen LogP contribution in [-0.2, 0) is 4.74 Å². The second-order valence-electron chi connectivity index (χ2n) is 5.70. The SMILES string of the molecule is COC(=O)c1cc(-c2ccco2)nc2c1c(C)nn2-c1cccc(Cl)c1. The summed E-state index contributed by atoms with van der Waals surface area (Å²) in [7, 11) is 1.35. The quantitative estimate of drug-likeness (QED) is 0.501. The molecule has 6 nitrogen and oxygen atoms in total. The maximum absolute atomic E-state index is 12.4. The third-order valence-corrected chi connectivity index (χ3v) is 4.28. The molecule has 0 aliphatic rings. The number of methoxy groups -OCH3 is 1. The molecule has 0 aliphatic carbocycles. The molecule has 0 atom stereocenters. The molecule has 4 rings (SSSR count). The number of ether oxygens (including phenoxy) is 1. The van der Waals surface area contributed by atoms with Gasteiger partial charge >= 0.3 is 5.97 Å². The Morgan fingerprint density at radius 2 is 2.08 bits per heavy atom. The van der Waals surface area contributed by atoms with Crippen LogP contribution in [0.5, 0.6) is 0 Å². The standard InChI is InChI=1S/C19H14ClN3O3/c1-11-17-14(19(24)25-2)10-15(16-7-4-8-26-16)21-18(17)23(22-11)13-6-3-5-12(20)9-13/h3-10H,1-2H3. The van der Waals surface area contributed by atoms with Crippen LogP contribution in [0.25, 0.3) is 28.2 Å². The van der Waals surface area contributed by atoms with Gasteiger partial charge in [-0.1, -0.05) is 17.7 Å². The fourth-order valence-corrected chi connectivity index (χ4v) is 3.08. The minimum Gasteiger partial charge on any atom is -0.465 e. The second kappa shape index (κ2) is 6.31. The predicted molar refractivity (Wildman–Crippen MR) is 97.7 cm³/mol. The lowest BCUT2D eigenvalue weighted by molar-refractivity contribution is 0.0603. The van der Waals surface area contributed by atoms with Crippen molar-refractivity contribution in [1.29, 1.82) is 0 Å². The molecule has 0 saturated carbocycles. The maximum Gasteiger partial charge on any atom is 0.338 e. The zero-order valence-corrected chi connectivity index (χ0v) is 14.8. The molecule has 0 amide bonds. The number of nitrogens with zero attached hydrogens (tertiary/aromatic N) is 3. The number of fused-ring (bicyclic) bond motifs is 1. The summed E-state index contributed by atoms with van der Waals surface area (Å²) in [5.41, 5.74) is 2.84. The average molecular weight is 368 g/mol. The van der Waals surface area contributed by atoms with Gasteiger partial charge in [0.2, 0.25) is 0 Å². The van der Waals surface area contributed by atoms with Gasteiger partial charge < -0.3 is 9.15 Å². The summed E-state index contributed by atoms with van der Waals surface area (Å²) in [5, 5.41) is 5.77. The largest absolute Gasteiger partial charge is 0.465 e. The van der Waals surface area contributed by atoms with E-state index < -0.39 is 5.97 Å². The number of benzene rings is 1. The normalized spacial score (nSPS) is 11.0. The van der Waals surface area contributed by atoms with Gasteiger partial charge in [0.1, 0.15) is 5.69 Å². The number of rotatable bonds is 3. The highest BCUT2D eigenvalue weighted by molar-refractivity contribution is 6.30. The Bertz CT molecular complexity index is 1120. The lowest BCUT2D eigenvalue weighted by Gasteiger charge is -2.07. The molecule has 0 spiro atoms. The molecule has 4 aromatic rings. The lowest BCUT2D eigenvalue weighted by Crippen LogP contribution is -2.05. The maximum atomic E-state index is 12.4. The number of furan rings is 1. The number of hydrogen-bond acceptors (Lipinski definition) is 5. The molecule has 7 heteroatoms. The van der Waals surface area contributed by atoms with Crippen molar-refractivity contribution in [2.24, 2.45) is 0 Å².